The van der Waals surface area contributed by atoms with Crippen LogP contribution >= 0.6 is 0 Å². The van der Waals surface area contributed by atoms with Gasteiger partial charge in [0.15, 0.2) is 0 Å². The van der Waals surface area contributed by atoms with Crippen LogP contribution < -0.4 is 10.2 Å². The average molecular weight is 379 g/mol. The summed E-state index contributed by atoms with van der Waals surface area (Å²) in [5.41, 5.74) is 3.72. The molecule has 0 spiro atoms. The summed E-state index contributed by atoms with van der Waals surface area (Å²) in [5.74, 6) is 0.324. The monoisotopic (exact) mass is 378 g/mol. The Balaban J connectivity index is 1.61. The second-order valence-electron chi connectivity index (χ2n) is 7.64. The molecule has 0 atom stereocenters. The van der Waals surface area contributed by atoms with Crippen molar-refractivity contribution in [3.63, 3.8) is 0 Å². The molecule has 1 aliphatic carbocycles. The fraction of sp³-hybridized carbons (Fsp3) is 0.417. The van der Waals surface area contributed by atoms with E-state index in [2.05, 4.69) is 5.32 Å². The zero-order valence-electron chi connectivity index (χ0n) is 16.9. The molecule has 0 bridgehead atoms. The Bertz CT molecular complexity index is 808. The first-order chi connectivity index (χ1) is 13.6. The third kappa shape index (κ3) is 5.00. The Labute approximate surface area is 167 Å². The zero-order valence-corrected chi connectivity index (χ0v) is 16.9. The molecule has 148 valence electrons. The van der Waals surface area contributed by atoms with Crippen LogP contribution in [0.25, 0.3) is 0 Å². The number of aryl methyl sites for hydroxylation is 1. The molecule has 2 amide bonds. The van der Waals surface area contributed by atoms with Gasteiger partial charge in [0.25, 0.3) is 5.91 Å². The van der Waals surface area contributed by atoms with E-state index in [1.165, 1.54) is 6.42 Å². The molecule has 4 heteroatoms. The standard InChI is InChI=1S/C24H30N2O2/c1-3-26(22-11-7-8-18(2)16-22)24(28)21-14-12-19(13-15-21)17-25-23(27)20-9-5-4-6-10-20/h7-8,11-16,20H,3-6,9-10,17H2,1-2H3,(H,25,27). The van der Waals surface area contributed by atoms with Crippen LogP contribution in [0.1, 0.15) is 60.5 Å². The van der Waals surface area contributed by atoms with Crippen molar-refractivity contribution >= 4 is 17.5 Å². The summed E-state index contributed by atoms with van der Waals surface area (Å²) in [7, 11) is 0. The Morgan fingerprint density at radius 1 is 1.04 bits per heavy atom. The van der Waals surface area contributed by atoms with E-state index >= 15 is 0 Å². The third-order valence-electron chi connectivity index (χ3n) is 5.52. The van der Waals surface area contributed by atoms with Gasteiger partial charge in [0.05, 0.1) is 0 Å². The number of carbonyl (C=O) groups excluding carboxylic acids is 2. The predicted octanol–water partition coefficient (Wildman–Crippen LogP) is 4.86. The molecule has 28 heavy (non-hydrogen) atoms. The van der Waals surface area contributed by atoms with Gasteiger partial charge in [-0.05, 0) is 62.1 Å². The molecular formula is C24H30N2O2. The second kappa shape index (κ2) is 9.54. The van der Waals surface area contributed by atoms with Crippen molar-refractivity contribution in [2.45, 2.75) is 52.5 Å². The van der Waals surface area contributed by atoms with Gasteiger partial charge in [0.1, 0.15) is 0 Å². The average Bonchev–Trinajstić information content (AvgIpc) is 2.73. The van der Waals surface area contributed by atoms with Crippen LogP contribution in [0.3, 0.4) is 0 Å². The molecule has 1 aliphatic rings. The van der Waals surface area contributed by atoms with Crippen LogP contribution in [0.2, 0.25) is 0 Å². The van der Waals surface area contributed by atoms with E-state index in [0.29, 0.717) is 18.7 Å². The number of amides is 2. The van der Waals surface area contributed by atoms with Gasteiger partial charge in [0.2, 0.25) is 5.91 Å². The number of nitrogens with zero attached hydrogens (tertiary/aromatic N) is 1. The van der Waals surface area contributed by atoms with Crippen molar-refractivity contribution < 1.29 is 9.59 Å². The van der Waals surface area contributed by atoms with Crippen molar-refractivity contribution in [3.8, 4) is 0 Å². The van der Waals surface area contributed by atoms with Gasteiger partial charge < -0.3 is 10.2 Å². The second-order valence-corrected chi connectivity index (χ2v) is 7.64. The highest BCUT2D eigenvalue weighted by molar-refractivity contribution is 6.06. The molecular weight excluding hydrogens is 348 g/mol. The maximum absolute atomic E-state index is 12.9. The number of benzene rings is 2. The Morgan fingerprint density at radius 3 is 2.39 bits per heavy atom. The molecule has 0 saturated heterocycles. The van der Waals surface area contributed by atoms with E-state index in [1.54, 1.807) is 4.90 Å². The van der Waals surface area contributed by atoms with Gasteiger partial charge in [-0.1, -0.05) is 43.5 Å². The number of hydrogen-bond donors (Lipinski definition) is 1. The summed E-state index contributed by atoms with van der Waals surface area (Å²) >= 11 is 0. The predicted molar refractivity (Wildman–Crippen MR) is 113 cm³/mol. The van der Waals surface area contributed by atoms with E-state index < -0.39 is 0 Å². The number of rotatable bonds is 6. The quantitative estimate of drug-likeness (QED) is 0.780. The Hall–Kier alpha value is -2.62. The van der Waals surface area contributed by atoms with Gasteiger partial charge >= 0.3 is 0 Å². The molecule has 0 aliphatic heterocycles. The molecule has 4 nitrogen and oxygen atoms in total. The first kappa shape index (κ1) is 20.1. The maximum Gasteiger partial charge on any atom is 0.258 e. The number of carbonyl (C=O) groups is 2. The number of anilines is 1. The lowest BCUT2D eigenvalue weighted by atomic mass is 9.88. The van der Waals surface area contributed by atoms with Crippen LogP contribution in [0.5, 0.6) is 0 Å². The largest absolute Gasteiger partial charge is 0.352 e. The molecule has 0 heterocycles. The summed E-state index contributed by atoms with van der Waals surface area (Å²) in [6.45, 7) is 5.13. The third-order valence-corrected chi connectivity index (χ3v) is 5.52. The minimum atomic E-state index is -0.00843. The van der Waals surface area contributed by atoms with E-state index in [0.717, 1.165) is 42.5 Å². The Morgan fingerprint density at radius 2 is 1.75 bits per heavy atom. The van der Waals surface area contributed by atoms with Crippen LogP contribution in [0, 0.1) is 12.8 Å². The highest BCUT2D eigenvalue weighted by atomic mass is 16.2. The lowest BCUT2D eigenvalue weighted by molar-refractivity contribution is -0.126. The summed E-state index contributed by atoms with van der Waals surface area (Å²) in [6.07, 6.45) is 5.57. The molecule has 0 radical (unpaired) electrons. The van der Waals surface area contributed by atoms with E-state index in [1.807, 2.05) is 62.4 Å². The summed E-state index contributed by atoms with van der Waals surface area (Å²) in [5, 5.41) is 3.05. The van der Waals surface area contributed by atoms with Gasteiger partial charge in [-0.25, -0.2) is 0 Å². The fourth-order valence-corrected chi connectivity index (χ4v) is 3.86. The van der Waals surface area contributed by atoms with Crippen molar-refractivity contribution in [1.29, 1.82) is 0 Å². The summed E-state index contributed by atoms with van der Waals surface area (Å²) < 4.78 is 0. The van der Waals surface area contributed by atoms with Crippen LogP contribution in [0.15, 0.2) is 48.5 Å². The van der Waals surface area contributed by atoms with Crippen molar-refractivity contribution in [1.82, 2.24) is 5.32 Å². The molecule has 1 saturated carbocycles. The SMILES string of the molecule is CCN(C(=O)c1ccc(CNC(=O)C2CCCCC2)cc1)c1cccc(C)c1. The van der Waals surface area contributed by atoms with E-state index in [-0.39, 0.29) is 17.7 Å². The van der Waals surface area contributed by atoms with Crippen molar-refractivity contribution in [2.24, 2.45) is 5.92 Å². The van der Waals surface area contributed by atoms with E-state index in [9.17, 15) is 9.59 Å². The smallest absolute Gasteiger partial charge is 0.258 e. The van der Waals surface area contributed by atoms with Gasteiger partial charge in [0, 0.05) is 30.3 Å². The first-order valence-electron chi connectivity index (χ1n) is 10.3. The Kier molecular flexibility index (Phi) is 6.85. The van der Waals surface area contributed by atoms with E-state index in [4.69, 9.17) is 0 Å². The van der Waals surface area contributed by atoms with Crippen LogP contribution in [0.4, 0.5) is 5.69 Å². The maximum atomic E-state index is 12.9. The minimum Gasteiger partial charge on any atom is -0.352 e. The van der Waals surface area contributed by atoms with Crippen molar-refractivity contribution in [3.05, 3.63) is 65.2 Å². The normalized spacial score (nSPS) is 14.5. The van der Waals surface area contributed by atoms with Gasteiger partial charge in [-0.2, -0.15) is 0 Å². The topological polar surface area (TPSA) is 49.4 Å². The lowest BCUT2D eigenvalue weighted by Gasteiger charge is -2.22. The summed E-state index contributed by atoms with van der Waals surface area (Å²) in [4.78, 5) is 27.0. The zero-order chi connectivity index (χ0) is 19.9. The van der Waals surface area contributed by atoms with Crippen LogP contribution in [-0.2, 0) is 11.3 Å². The first-order valence-corrected chi connectivity index (χ1v) is 10.3. The molecule has 3 rings (SSSR count). The minimum absolute atomic E-state index is 0.00843. The summed E-state index contributed by atoms with van der Waals surface area (Å²) in [6, 6.07) is 15.5. The van der Waals surface area contributed by atoms with Crippen LogP contribution in [-0.4, -0.2) is 18.4 Å². The van der Waals surface area contributed by atoms with Gasteiger partial charge in [-0.3, -0.25) is 9.59 Å². The van der Waals surface area contributed by atoms with Crippen molar-refractivity contribution in [2.75, 3.05) is 11.4 Å². The fourth-order valence-electron chi connectivity index (χ4n) is 3.86. The lowest BCUT2D eigenvalue weighted by Crippen LogP contribution is -2.31. The highest BCUT2D eigenvalue weighted by Gasteiger charge is 2.21. The number of nitrogens with one attached hydrogen (secondary N) is 1. The molecule has 1 fully saturated rings. The van der Waals surface area contributed by atoms with Gasteiger partial charge in [-0.15, -0.1) is 0 Å². The molecule has 1 N–H and O–H groups in total. The molecule has 0 unspecified atom stereocenters. The molecule has 2 aromatic carbocycles. The molecule has 0 aromatic heterocycles. The molecule has 2 aromatic rings. The number of hydrogen-bond acceptors (Lipinski definition) is 2. The highest BCUT2D eigenvalue weighted by Crippen LogP contribution is 2.24.